The summed E-state index contributed by atoms with van der Waals surface area (Å²) in [4.78, 5) is 19.8. The molecule has 1 spiro atoms. The molecular weight excluding hydrogens is 360 g/mol. The van der Waals surface area contributed by atoms with E-state index in [-0.39, 0.29) is 5.41 Å². The van der Waals surface area contributed by atoms with Gasteiger partial charge in [0.2, 0.25) is 0 Å². The molecule has 0 atom stereocenters. The first-order chi connectivity index (χ1) is 14.2. The Hall–Kier alpha value is -2.73. The fourth-order valence-electron chi connectivity index (χ4n) is 4.90. The second-order valence-corrected chi connectivity index (χ2v) is 8.38. The van der Waals surface area contributed by atoms with Crippen LogP contribution in [0, 0.1) is 6.92 Å². The molecule has 1 aliphatic heterocycles. The van der Waals surface area contributed by atoms with Gasteiger partial charge in [-0.25, -0.2) is 15.0 Å². The number of imidazole rings is 1. The Balaban J connectivity index is 1.32. The molecule has 5 rings (SSSR count). The molecule has 1 fully saturated rings. The number of piperidine rings is 1. The zero-order chi connectivity index (χ0) is 19.7. The molecule has 0 unspecified atom stereocenters. The van der Waals surface area contributed by atoms with Crippen LogP contribution in [0.3, 0.4) is 0 Å². The van der Waals surface area contributed by atoms with E-state index < -0.39 is 0 Å². The van der Waals surface area contributed by atoms with E-state index in [1.54, 1.807) is 0 Å². The zero-order valence-corrected chi connectivity index (χ0v) is 17.0. The predicted octanol–water partition coefficient (Wildman–Crippen LogP) is 3.60. The van der Waals surface area contributed by atoms with Crippen molar-refractivity contribution in [2.45, 2.75) is 51.1 Å². The standard InChI is InChI=1S/C23H28N6/c1-17-27-21-19(22(28-17)26-15-18-5-3-2-4-6-18)7-8-23(21)9-13-29(14-10-23)16-20-24-11-12-25-20/h2-6,11-12H,7-10,13-16H2,1H3,(H,24,25)(H,26,27,28). The minimum absolute atomic E-state index is 0.214. The Morgan fingerprint density at radius 1 is 1.10 bits per heavy atom. The number of hydrogen-bond acceptors (Lipinski definition) is 5. The first kappa shape index (κ1) is 18.3. The Labute approximate surface area is 171 Å². The molecular formula is C23H28N6. The van der Waals surface area contributed by atoms with E-state index in [1.165, 1.54) is 23.2 Å². The Morgan fingerprint density at radius 3 is 2.69 bits per heavy atom. The highest BCUT2D eigenvalue weighted by Gasteiger charge is 2.44. The maximum atomic E-state index is 4.96. The molecule has 2 aromatic heterocycles. The van der Waals surface area contributed by atoms with Crippen molar-refractivity contribution in [2.75, 3.05) is 18.4 Å². The molecule has 2 aliphatic rings. The highest BCUT2D eigenvalue weighted by atomic mass is 15.2. The van der Waals surface area contributed by atoms with Gasteiger partial charge >= 0.3 is 0 Å². The van der Waals surface area contributed by atoms with Gasteiger partial charge in [-0.1, -0.05) is 30.3 Å². The molecule has 150 valence electrons. The quantitative estimate of drug-likeness (QED) is 0.699. The van der Waals surface area contributed by atoms with Crippen LogP contribution < -0.4 is 5.32 Å². The van der Waals surface area contributed by atoms with Gasteiger partial charge in [0, 0.05) is 29.9 Å². The van der Waals surface area contributed by atoms with Crippen LogP contribution in [0.5, 0.6) is 0 Å². The van der Waals surface area contributed by atoms with Crippen molar-refractivity contribution >= 4 is 5.82 Å². The minimum Gasteiger partial charge on any atom is -0.366 e. The van der Waals surface area contributed by atoms with Crippen LogP contribution in [0.4, 0.5) is 5.82 Å². The van der Waals surface area contributed by atoms with Crippen molar-refractivity contribution in [1.82, 2.24) is 24.8 Å². The molecule has 6 nitrogen and oxygen atoms in total. The van der Waals surface area contributed by atoms with Crippen molar-refractivity contribution in [1.29, 1.82) is 0 Å². The normalized spacial score (nSPS) is 18.1. The highest BCUT2D eigenvalue weighted by molar-refractivity contribution is 5.52. The monoisotopic (exact) mass is 388 g/mol. The number of H-pyrrole nitrogens is 1. The summed E-state index contributed by atoms with van der Waals surface area (Å²) in [6, 6.07) is 10.5. The van der Waals surface area contributed by atoms with E-state index in [0.29, 0.717) is 0 Å². The van der Waals surface area contributed by atoms with E-state index in [1.807, 2.05) is 19.3 Å². The Bertz CT molecular complexity index is 959. The smallest absolute Gasteiger partial charge is 0.133 e. The molecule has 3 heterocycles. The van der Waals surface area contributed by atoms with Gasteiger partial charge in [0.05, 0.1) is 12.2 Å². The third kappa shape index (κ3) is 3.65. The number of fused-ring (bicyclic) bond motifs is 2. The van der Waals surface area contributed by atoms with Crippen molar-refractivity contribution in [3.63, 3.8) is 0 Å². The van der Waals surface area contributed by atoms with Gasteiger partial charge in [-0.15, -0.1) is 0 Å². The van der Waals surface area contributed by atoms with Gasteiger partial charge in [-0.05, 0) is 51.3 Å². The molecule has 6 heteroatoms. The van der Waals surface area contributed by atoms with E-state index in [0.717, 1.165) is 62.9 Å². The van der Waals surface area contributed by atoms with Crippen LogP contribution >= 0.6 is 0 Å². The summed E-state index contributed by atoms with van der Waals surface area (Å²) in [5, 5.41) is 3.59. The molecule has 1 aliphatic carbocycles. The topological polar surface area (TPSA) is 69.7 Å². The lowest BCUT2D eigenvalue weighted by Gasteiger charge is -2.39. The van der Waals surface area contributed by atoms with Gasteiger partial charge in [-0.2, -0.15) is 0 Å². The number of nitrogens with zero attached hydrogens (tertiary/aromatic N) is 4. The number of benzene rings is 1. The molecule has 1 saturated heterocycles. The number of rotatable bonds is 5. The van der Waals surface area contributed by atoms with Crippen LogP contribution in [0.25, 0.3) is 0 Å². The van der Waals surface area contributed by atoms with Crippen LogP contribution in [0.1, 0.15) is 47.7 Å². The Kier molecular flexibility index (Phi) is 4.79. The molecule has 0 amide bonds. The number of aromatic nitrogens is 4. The number of likely N-dealkylation sites (tertiary alicyclic amines) is 1. The number of aromatic amines is 1. The van der Waals surface area contributed by atoms with E-state index >= 15 is 0 Å². The molecule has 2 N–H and O–H groups in total. The van der Waals surface area contributed by atoms with Crippen molar-refractivity contribution in [3.05, 3.63) is 71.2 Å². The minimum atomic E-state index is 0.214. The lowest BCUT2D eigenvalue weighted by atomic mass is 9.76. The fourth-order valence-corrected chi connectivity index (χ4v) is 4.90. The largest absolute Gasteiger partial charge is 0.366 e. The van der Waals surface area contributed by atoms with Crippen LogP contribution in [-0.2, 0) is 24.9 Å². The highest BCUT2D eigenvalue weighted by Crippen LogP contribution is 2.47. The summed E-state index contributed by atoms with van der Waals surface area (Å²) in [6.07, 6.45) is 8.32. The van der Waals surface area contributed by atoms with Crippen molar-refractivity contribution < 1.29 is 0 Å². The molecule has 0 radical (unpaired) electrons. The first-order valence-electron chi connectivity index (χ1n) is 10.6. The summed E-state index contributed by atoms with van der Waals surface area (Å²) in [5.41, 5.74) is 4.13. The number of nitrogens with one attached hydrogen (secondary N) is 2. The number of aryl methyl sites for hydroxylation is 1. The maximum Gasteiger partial charge on any atom is 0.133 e. The predicted molar refractivity (Wildman–Crippen MR) is 114 cm³/mol. The average Bonchev–Trinajstić information content (AvgIpc) is 3.38. The maximum absolute atomic E-state index is 4.96. The average molecular weight is 389 g/mol. The van der Waals surface area contributed by atoms with Gasteiger partial charge in [0.15, 0.2) is 0 Å². The van der Waals surface area contributed by atoms with Crippen molar-refractivity contribution in [3.8, 4) is 0 Å². The SMILES string of the molecule is Cc1nc(NCc2ccccc2)c2c(n1)C1(CC2)CCN(Cc2ncc[nH]2)CC1. The lowest BCUT2D eigenvalue weighted by Crippen LogP contribution is -2.41. The van der Waals surface area contributed by atoms with E-state index in [4.69, 9.17) is 9.97 Å². The molecule has 0 saturated carbocycles. The van der Waals surface area contributed by atoms with Gasteiger partial charge in [0.1, 0.15) is 17.5 Å². The summed E-state index contributed by atoms with van der Waals surface area (Å²) < 4.78 is 0. The first-order valence-corrected chi connectivity index (χ1v) is 10.6. The van der Waals surface area contributed by atoms with E-state index in [2.05, 4.69) is 50.5 Å². The van der Waals surface area contributed by atoms with Gasteiger partial charge in [0.25, 0.3) is 0 Å². The van der Waals surface area contributed by atoms with Crippen molar-refractivity contribution in [2.24, 2.45) is 0 Å². The lowest BCUT2D eigenvalue weighted by molar-refractivity contribution is 0.147. The molecule has 1 aromatic carbocycles. The zero-order valence-electron chi connectivity index (χ0n) is 17.0. The second kappa shape index (κ2) is 7.59. The fraction of sp³-hybridized carbons (Fsp3) is 0.435. The Morgan fingerprint density at radius 2 is 1.93 bits per heavy atom. The molecule has 0 bridgehead atoms. The summed E-state index contributed by atoms with van der Waals surface area (Å²) in [7, 11) is 0. The van der Waals surface area contributed by atoms with E-state index in [9.17, 15) is 0 Å². The van der Waals surface area contributed by atoms with Crippen LogP contribution in [0.15, 0.2) is 42.7 Å². The summed E-state index contributed by atoms with van der Waals surface area (Å²) in [6.45, 7) is 5.91. The van der Waals surface area contributed by atoms with Crippen LogP contribution in [-0.4, -0.2) is 37.9 Å². The number of hydrogen-bond donors (Lipinski definition) is 2. The summed E-state index contributed by atoms with van der Waals surface area (Å²) in [5.74, 6) is 2.96. The third-order valence-electron chi connectivity index (χ3n) is 6.52. The van der Waals surface area contributed by atoms with Gasteiger partial charge in [-0.3, -0.25) is 4.90 Å². The summed E-state index contributed by atoms with van der Waals surface area (Å²) >= 11 is 0. The van der Waals surface area contributed by atoms with Gasteiger partial charge < -0.3 is 10.3 Å². The molecule has 29 heavy (non-hydrogen) atoms. The third-order valence-corrected chi connectivity index (χ3v) is 6.52. The van der Waals surface area contributed by atoms with Crippen LogP contribution in [0.2, 0.25) is 0 Å². The molecule has 3 aromatic rings. The second-order valence-electron chi connectivity index (χ2n) is 8.38. The number of anilines is 1.